The van der Waals surface area contributed by atoms with Gasteiger partial charge in [0.1, 0.15) is 12.1 Å². The number of amides is 1. The Bertz CT molecular complexity index is 1120. The van der Waals surface area contributed by atoms with Crippen LogP contribution in [0.15, 0.2) is 59.6 Å². The van der Waals surface area contributed by atoms with Crippen molar-refractivity contribution in [1.29, 1.82) is 0 Å². The maximum atomic E-state index is 12.7. The molecule has 3 N–H and O–H groups in total. The summed E-state index contributed by atoms with van der Waals surface area (Å²) in [6, 6.07) is 9.28. The summed E-state index contributed by atoms with van der Waals surface area (Å²) in [7, 11) is 0. The Balaban J connectivity index is 0.00000320. The van der Waals surface area contributed by atoms with E-state index in [0.29, 0.717) is 17.8 Å². The van der Waals surface area contributed by atoms with E-state index in [2.05, 4.69) is 15.4 Å². The fourth-order valence-corrected chi connectivity index (χ4v) is 2.85. The van der Waals surface area contributed by atoms with Crippen molar-refractivity contribution in [3.05, 3.63) is 70.8 Å². The summed E-state index contributed by atoms with van der Waals surface area (Å²) in [6.07, 6.45) is 3.40. The summed E-state index contributed by atoms with van der Waals surface area (Å²) in [5.41, 5.74) is 8.54. The van der Waals surface area contributed by atoms with Crippen molar-refractivity contribution in [2.24, 2.45) is 5.73 Å². The molecule has 1 amide bonds. The molecule has 8 nitrogen and oxygen atoms in total. The van der Waals surface area contributed by atoms with Crippen LogP contribution in [0, 0.1) is 6.92 Å². The topological polar surface area (TPSA) is 108 Å². The van der Waals surface area contributed by atoms with Gasteiger partial charge in [0, 0.05) is 30.9 Å². The highest BCUT2D eigenvalue weighted by molar-refractivity contribution is 5.89. The van der Waals surface area contributed by atoms with Crippen molar-refractivity contribution in [2.75, 3.05) is 11.9 Å². The Morgan fingerprint density at radius 3 is 2.53 bits per heavy atom. The molecular formula is C20H22ClFN6O2. The Morgan fingerprint density at radius 1 is 1.27 bits per heavy atom. The molecule has 0 spiro atoms. The van der Waals surface area contributed by atoms with Crippen LogP contribution in [0.1, 0.15) is 12.5 Å². The van der Waals surface area contributed by atoms with Gasteiger partial charge in [0.25, 0.3) is 0 Å². The quantitative estimate of drug-likeness (QED) is 0.622. The van der Waals surface area contributed by atoms with E-state index in [1.807, 2.05) is 37.3 Å². The first-order valence-corrected chi connectivity index (χ1v) is 8.90. The summed E-state index contributed by atoms with van der Waals surface area (Å²) in [5.74, 6) is 0.310. The molecule has 0 aliphatic heterocycles. The van der Waals surface area contributed by atoms with Gasteiger partial charge in [0.15, 0.2) is 0 Å². The average Bonchev–Trinajstić information content (AvgIpc) is 3.06. The molecule has 0 aliphatic rings. The van der Waals surface area contributed by atoms with Crippen LogP contribution in [0.5, 0.6) is 0 Å². The molecule has 30 heavy (non-hydrogen) atoms. The molecule has 0 saturated carbocycles. The minimum Gasteiger partial charge on any atom is -0.327 e. The minimum atomic E-state index is -0.430. The van der Waals surface area contributed by atoms with Gasteiger partial charge in [-0.05, 0) is 41.8 Å². The summed E-state index contributed by atoms with van der Waals surface area (Å²) >= 11 is 0. The van der Waals surface area contributed by atoms with Crippen molar-refractivity contribution >= 4 is 24.0 Å². The zero-order valence-electron chi connectivity index (χ0n) is 16.5. The lowest BCUT2D eigenvalue weighted by Crippen LogP contribution is -2.26. The zero-order chi connectivity index (χ0) is 21.0. The molecule has 10 heteroatoms. The first-order valence-electron chi connectivity index (χ1n) is 8.90. The molecule has 0 aliphatic carbocycles. The molecule has 0 unspecified atom stereocenters. The smallest absolute Gasteiger partial charge is 0.327 e. The number of nitrogens with two attached hydrogens (primary N) is 1. The number of benzene rings is 1. The molecular weight excluding hydrogens is 411 g/mol. The van der Waals surface area contributed by atoms with Crippen LogP contribution in [0.2, 0.25) is 0 Å². The van der Waals surface area contributed by atoms with Crippen LogP contribution < -0.4 is 16.7 Å². The molecule has 2 aromatic heterocycles. The van der Waals surface area contributed by atoms with Gasteiger partial charge in [-0.2, -0.15) is 5.10 Å². The molecule has 0 fully saturated rings. The monoisotopic (exact) mass is 432 g/mol. The largest absolute Gasteiger partial charge is 0.351 e. The van der Waals surface area contributed by atoms with E-state index in [-0.39, 0.29) is 37.0 Å². The van der Waals surface area contributed by atoms with E-state index in [4.69, 9.17) is 5.73 Å². The average molecular weight is 433 g/mol. The normalized spacial score (nSPS) is 11.1. The predicted octanol–water partition coefficient (Wildman–Crippen LogP) is 2.60. The van der Waals surface area contributed by atoms with Crippen LogP contribution in [0.3, 0.4) is 0 Å². The third-order valence-corrected chi connectivity index (χ3v) is 4.32. The van der Waals surface area contributed by atoms with Crippen LogP contribution in [-0.4, -0.2) is 31.8 Å². The molecule has 158 valence electrons. The maximum absolute atomic E-state index is 12.7. The maximum Gasteiger partial charge on any atom is 0.351 e. The highest BCUT2D eigenvalue weighted by Crippen LogP contribution is 2.23. The van der Waals surface area contributed by atoms with Crippen LogP contribution in [0.4, 0.5) is 10.1 Å². The third kappa shape index (κ3) is 5.00. The number of aromatic nitrogens is 4. The standard InChI is InChI=1S/C20H21FN6O2.ClH/c1-13-7-17(16-3-5-18(6-4-16)25-14(2)28)10-23-19(13)26-12-24-27(20(26)29)11-15(8-21)9-22;/h3-8,10,12H,9,11,22H2,1-2H3,(H,25,28);1H/b15-8+;. The number of hydrogen-bond acceptors (Lipinski definition) is 5. The fraction of sp³-hybridized carbons (Fsp3) is 0.200. The SMILES string of the molecule is CC(=O)Nc1ccc(-c2cnc(-n3cnn(C/C(=C/F)CN)c3=O)c(C)c2)cc1.Cl. The van der Waals surface area contributed by atoms with Gasteiger partial charge in [0.2, 0.25) is 5.91 Å². The number of rotatable bonds is 6. The Morgan fingerprint density at radius 2 is 1.97 bits per heavy atom. The van der Waals surface area contributed by atoms with Gasteiger partial charge < -0.3 is 11.1 Å². The second-order valence-corrected chi connectivity index (χ2v) is 6.54. The lowest BCUT2D eigenvalue weighted by molar-refractivity contribution is -0.114. The molecule has 2 heterocycles. The molecule has 0 bridgehead atoms. The lowest BCUT2D eigenvalue weighted by Gasteiger charge is -2.09. The number of nitrogens with zero attached hydrogens (tertiary/aromatic N) is 4. The van der Waals surface area contributed by atoms with Gasteiger partial charge >= 0.3 is 5.69 Å². The van der Waals surface area contributed by atoms with E-state index in [0.717, 1.165) is 21.4 Å². The number of nitrogens with one attached hydrogen (secondary N) is 1. The second-order valence-electron chi connectivity index (χ2n) is 6.54. The van der Waals surface area contributed by atoms with E-state index in [1.165, 1.54) is 17.8 Å². The lowest BCUT2D eigenvalue weighted by atomic mass is 10.1. The van der Waals surface area contributed by atoms with E-state index in [9.17, 15) is 14.0 Å². The Hall–Kier alpha value is -3.30. The summed E-state index contributed by atoms with van der Waals surface area (Å²) in [4.78, 5) is 28.1. The van der Waals surface area contributed by atoms with E-state index < -0.39 is 5.69 Å². The summed E-state index contributed by atoms with van der Waals surface area (Å²) in [5, 5.41) is 6.73. The Labute approximate surface area is 178 Å². The van der Waals surface area contributed by atoms with Gasteiger partial charge in [-0.15, -0.1) is 12.4 Å². The number of pyridine rings is 1. The van der Waals surface area contributed by atoms with Crippen LogP contribution >= 0.6 is 12.4 Å². The first-order chi connectivity index (χ1) is 13.9. The second kappa shape index (κ2) is 9.95. The Kier molecular flexibility index (Phi) is 7.62. The molecule has 0 saturated heterocycles. The number of carbonyl (C=O) groups is 1. The van der Waals surface area contributed by atoms with Crippen LogP contribution in [-0.2, 0) is 11.3 Å². The molecule has 0 atom stereocenters. The molecule has 1 aromatic carbocycles. The van der Waals surface area contributed by atoms with Gasteiger partial charge in [-0.25, -0.2) is 23.4 Å². The fourth-order valence-electron chi connectivity index (χ4n) is 2.85. The summed E-state index contributed by atoms with van der Waals surface area (Å²) in [6.45, 7) is 3.28. The summed E-state index contributed by atoms with van der Waals surface area (Å²) < 4.78 is 15.2. The van der Waals surface area contributed by atoms with Crippen molar-refractivity contribution in [3.63, 3.8) is 0 Å². The predicted molar refractivity (Wildman–Crippen MR) is 116 cm³/mol. The van der Waals surface area contributed by atoms with Crippen molar-refractivity contribution in [3.8, 4) is 16.9 Å². The number of anilines is 1. The van der Waals surface area contributed by atoms with Gasteiger partial charge in [-0.1, -0.05) is 12.1 Å². The molecule has 0 radical (unpaired) electrons. The van der Waals surface area contributed by atoms with Crippen LogP contribution in [0.25, 0.3) is 16.9 Å². The zero-order valence-corrected chi connectivity index (χ0v) is 17.3. The van der Waals surface area contributed by atoms with E-state index in [1.54, 1.807) is 6.20 Å². The number of halogens is 2. The number of carbonyl (C=O) groups excluding carboxylic acids is 1. The highest BCUT2D eigenvalue weighted by Gasteiger charge is 2.12. The number of aryl methyl sites for hydroxylation is 1. The van der Waals surface area contributed by atoms with Gasteiger partial charge in [-0.3, -0.25) is 4.79 Å². The highest BCUT2D eigenvalue weighted by atomic mass is 35.5. The van der Waals surface area contributed by atoms with Crippen molar-refractivity contribution < 1.29 is 9.18 Å². The minimum absolute atomic E-state index is 0. The number of hydrogen-bond donors (Lipinski definition) is 2. The van der Waals surface area contributed by atoms with Crippen molar-refractivity contribution in [1.82, 2.24) is 19.3 Å². The molecule has 3 aromatic rings. The molecule has 3 rings (SSSR count). The third-order valence-electron chi connectivity index (χ3n) is 4.32. The van der Waals surface area contributed by atoms with E-state index >= 15 is 0 Å². The first kappa shape index (κ1) is 23.0. The van der Waals surface area contributed by atoms with Crippen molar-refractivity contribution in [2.45, 2.75) is 20.4 Å². The van der Waals surface area contributed by atoms with Gasteiger partial charge in [0.05, 0.1) is 12.9 Å².